The van der Waals surface area contributed by atoms with E-state index in [0.29, 0.717) is 6.10 Å². The summed E-state index contributed by atoms with van der Waals surface area (Å²) in [4.78, 5) is 5.04. The molecule has 4 nitrogen and oxygen atoms in total. The monoisotopic (exact) mass is 269 g/mol. The SMILES string of the molecule is CC(C)OCCN(C)C1(CN)CC2CCC(C1)N2C. The van der Waals surface area contributed by atoms with Crippen LogP contribution in [0.2, 0.25) is 0 Å². The van der Waals surface area contributed by atoms with Gasteiger partial charge >= 0.3 is 0 Å². The van der Waals surface area contributed by atoms with Gasteiger partial charge in [-0.25, -0.2) is 0 Å². The van der Waals surface area contributed by atoms with Crippen molar-refractivity contribution in [3.63, 3.8) is 0 Å². The summed E-state index contributed by atoms with van der Waals surface area (Å²) >= 11 is 0. The Balaban J connectivity index is 1.95. The summed E-state index contributed by atoms with van der Waals surface area (Å²) in [6.07, 6.45) is 5.44. The summed E-state index contributed by atoms with van der Waals surface area (Å²) in [5.41, 5.74) is 6.36. The van der Waals surface area contributed by atoms with Gasteiger partial charge in [-0.15, -0.1) is 0 Å². The van der Waals surface area contributed by atoms with Crippen molar-refractivity contribution in [3.8, 4) is 0 Å². The second-order valence-electron chi connectivity index (χ2n) is 6.73. The highest BCUT2D eigenvalue weighted by Gasteiger charge is 2.47. The Bertz CT molecular complexity index is 281. The summed E-state index contributed by atoms with van der Waals surface area (Å²) < 4.78 is 5.69. The van der Waals surface area contributed by atoms with Crippen LogP contribution in [0.3, 0.4) is 0 Å². The molecule has 0 aromatic rings. The van der Waals surface area contributed by atoms with Crippen LogP contribution in [-0.4, -0.2) is 67.3 Å². The Labute approximate surface area is 118 Å². The highest BCUT2D eigenvalue weighted by Crippen LogP contribution is 2.41. The van der Waals surface area contributed by atoms with Crippen LogP contribution in [0.1, 0.15) is 39.5 Å². The first-order chi connectivity index (χ1) is 8.98. The molecule has 19 heavy (non-hydrogen) atoms. The van der Waals surface area contributed by atoms with E-state index in [-0.39, 0.29) is 5.54 Å². The lowest BCUT2D eigenvalue weighted by Gasteiger charge is -2.50. The Morgan fingerprint density at radius 1 is 1.32 bits per heavy atom. The van der Waals surface area contributed by atoms with Gasteiger partial charge in [0.2, 0.25) is 0 Å². The average molecular weight is 269 g/mol. The fourth-order valence-electron chi connectivity index (χ4n) is 3.84. The van der Waals surface area contributed by atoms with Crippen LogP contribution < -0.4 is 5.73 Å². The molecule has 112 valence electrons. The molecule has 0 spiro atoms. The number of likely N-dealkylation sites (N-methyl/N-ethyl adjacent to an activating group) is 1. The lowest BCUT2D eigenvalue weighted by atomic mass is 9.81. The van der Waals surface area contributed by atoms with Crippen molar-refractivity contribution in [2.45, 2.75) is 63.3 Å². The van der Waals surface area contributed by atoms with Gasteiger partial charge in [-0.3, -0.25) is 4.90 Å². The molecular formula is C15H31N3O. The molecule has 0 radical (unpaired) electrons. The summed E-state index contributed by atoms with van der Waals surface area (Å²) in [6.45, 7) is 6.74. The smallest absolute Gasteiger partial charge is 0.0597 e. The third-order valence-electron chi connectivity index (χ3n) is 5.28. The van der Waals surface area contributed by atoms with Crippen molar-refractivity contribution in [2.75, 3.05) is 33.8 Å². The van der Waals surface area contributed by atoms with E-state index in [1.807, 2.05) is 0 Å². The van der Waals surface area contributed by atoms with Crippen LogP contribution in [0, 0.1) is 0 Å². The molecule has 2 aliphatic rings. The molecule has 2 unspecified atom stereocenters. The van der Waals surface area contributed by atoms with Crippen LogP contribution in [0.5, 0.6) is 0 Å². The van der Waals surface area contributed by atoms with Crippen LogP contribution in [0.15, 0.2) is 0 Å². The fraction of sp³-hybridized carbons (Fsp3) is 1.00. The molecule has 0 saturated carbocycles. The molecule has 0 aromatic heterocycles. The van der Waals surface area contributed by atoms with Crippen molar-refractivity contribution in [1.82, 2.24) is 9.80 Å². The van der Waals surface area contributed by atoms with Gasteiger partial charge in [0.25, 0.3) is 0 Å². The predicted octanol–water partition coefficient (Wildman–Crippen LogP) is 1.30. The van der Waals surface area contributed by atoms with Crippen molar-refractivity contribution in [2.24, 2.45) is 5.73 Å². The van der Waals surface area contributed by atoms with Gasteiger partial charge in [-0.05, 0) is 53.6 Å². The zero-order valence-electron chi connectivity index (χ0n) is 13.1. The largest absolute Gasteiger partial charge is 0.377 e. The second kappa shape index (κ2) is 6.08. The Kier molecular flexibility index (Phi) is 4.88. The van der Waals surface area contributed by atoms with Crippen molar-refractivity contribution >= 4 is 0 Å². The number of nitrogens with zero attached hydrogens (tertiary/aromatic N) is 2. The van der Waals surface area contributed by atoms with E-state index in [4.69, 9.17) is 10.5 Å². The van der Waals surface area contributed by atoms with Crippen molar-refractivity contribution in [1.29, 1.82) is 0 Å². The van der Waals surface area contributed by atoms with Crippen molar-refractivity contribution < 1.29 is 4.74 Å². The number of ether oxygens (including phenoxy) is 1. The lowest BCUT2D eigenvalue weighted by molar-refractivity contribution is -0.00903. The van der Waals surface area contributed by atoms with E-state index < -0.39 is 0 Å². The zero-order chi connectivity index (χ0) is 14.0. The highest BCUT2D eigenvalue weighted by atomic mass is 16.5. The number of hydrogen-bond donors (Lipinski definition) is 1. The molecule has 0 amide bonds. The molecule has 2 rings (SSSR count). The number of hydrogen-bond acceptors (Lipinski definition) is 4. The second-order valence-corrected chi connectivity index (χ2v) is 6.73. The van der Waals surface area contributed by atoms with E-state index in [0.717, 1.165) is 31.8 Å². The average Bonchev–Trinajstić information content (AvgIpc) is 2.62. The molecule has 2 aliphatic heterocycles. The molecule has 4 heteroatoms. The molecule has 2 heterocycles. The Hall–Kier alpha value is -0.160. The molecule has 0 aromatic carbocycles. The van der Waals surface area contributed by atoms with E-state index in [1.165, 1.54) is 25.7 Å². The molecule has 2 bridgehead atoms. The van der Waals surface area contributed by atoms with Crippen LogP contribution >= 0.6 is 0 Å². The van der Waals surface area contributed by atoms with E-state index >= 15 is 0 Å². The van der Waals surface area contributed by atoms with Crippen LogP contribution in [-0.2, 0) is 4.74 Å². The number of fused-ring (bicyclic) bond motifs is 2. The summed E-state index contributed by atoms with van der Waals surface area (Å²) in [7, 11) is 4.51. The van der Waals surface area contributed by atoms with Crippen LogP contribution in [0.25, 0.3) is 0 Å². The van der Waals surface area contributed by atoms with Gasteiger partial charge in [0.05, 0.1) is 12.7 Å². The molecule has 2 saturated heterocycles. The predicted molar refractivity (Wildman–Crippen MR) is 79.3 cm³/mol. The number of nitrogens with two attached hydrogens (primary N) is 1. The third-order valence-corrected chi connectivity index (χ3v) is 5.28. The molecule has 2 N–H and O–H groups in total. The normalized spacial score (nSPS) is 35.5. The summed E-state index contributed by atoms with van der Waals surface area (Å²) in [5.74, 6) is 0. The van der Waals surface area contributed by atoms with Gasteiger partial charge < -0.3 is 15.4 Å². The first kappa shape index (κ1) is 15.2. The zero-order valence-corrected chi connectivity index (χ0v) is 13.1. The van der Waals surface area contributed by atoms with E-state index in [2.05, 4.69) is 37.7 Å². The van der Waals surface area contributed by atoms with Gasteiger partial charge in [0.1, 0.15) is 0 Å². The maximum absolute atomic E-state index is 6.17. The lowest BCUT2D eigenvalue weighted by Crippen LogP contribution is -2.61. The summed E-state index contributed by atoms with van der Waals surface area (Å²) in [5, 5.41) is 0. The first-order valence-corrected chi connectivity index (χ1v) is 7.73. The van der Waals surface area contributed by atoms with E-state index in [1.54, 1.807) is 0 Å². The standard InChI is InChI=1S/C15H31N3O/c1-12(2)19-8-7-17(3)15(11-16)9-13-5-6-14(10-15)18(13)4/h12-14H,5-11,16H2,1-4H3. The minimum Gasteiger partial charge on any atom is -0.377 e. The quantitative estimate of drug-likeness (QED) is 0.789. The summed E-state index contributed by atoms with van der Waals surface area (Å²) in [6, 6.07) is 1.46. The fourth-order valence-corrected chi connectivity index (χ4v) is 3.84. The van der Waals surface area contributed by atoms with Crippen LogP contribution in [0.4, 0.5) is 0 Å². The maximum Gasteiger partial charge on any atom is 0.0597 e. The molecule has 2 atom stereocenters. The molecule has 0 aliphatic carbocycles. The van der Waals surface area contributed by atoms with Gasteiger partial charge in [0.15, 0.2) is 0 Å². The van der Waals surface area contributed by atoms with E-state index in [9.17, 15) is 0 Å². The van der Waals surface area contributed by atoms with Gasteiger partial charge in [0, 0.05) is 30.7 Å². The van der Waals surface area contributed by atoms with Crippen molar-refractivity contribution in [3.05, 3.63) is 0 Å². The molecular weight excluding hydrogens is 238 g/mol. The highest BCUT2D eigenvalue weighted by molar-refractivity contribution is 5.06. The Morgan fingerprint density at radius 3 is 2.37 bits per heavy atom. The van der Waals surface area contributed by atoms with Gasteiger partial charge in [-0.1, -0.05) is 0 Å². The Morgan fingerprint density at radius 2 is 1.89 bits per heavy atom. The van der Waals surface area contributed by atoms with Gasteiger partial charge in [-0.2, -0.15) is 0 Å². The maximum atomic E-state index is 6.17. The third kappa shape index (κ3) is 3.13. The number of piperidine rings is 1. The minimum absolute atomic E-state index is 0.193. The first-order valence-electron chi connectivity index (χ1n) is 7.73. The molecule has 2 fully saturated rings. The minimum atomic E-state index is 0.193. The topological polar surface area (TPSA) is 41.7 Å². The number of rotatable bonds is 6.